The largest absolute Gasteiger partial charge is 0.416 e. The number of hydrogen-bond acceptors (Lipinski definition) is 4. The smallest absolute Gasteiger partial charge is 0.384 e. The van der Waals surface area contributed by atoms with Crippen molar-refractivity contribution in [1.29, 1.82) is 0 Å². The van der Waals surface area contributed by atoms with Gasteiger partial charge in [0.25, 0.3) is 0 Å². The SMILES string of the molecule is Nc1cc(C(F)(F)F)cc(NC2CCOC2)n1. The Hall–Kier alpha value is -1.50. The molecule has 94 valence electrons. The fraction of sp³-hybridized carbons (Fsp3) is 0.500. The van der Waals surface area contributed by atoms with Gasteiger partial charge in [-0.05, 0) is 18.6 Å². The third kappa shape index (κ3) is 3.00. The number of rotatable bonds is 2. The number of alkyl halides is 3. The number of aromatic nitrogens is 1. The molecule has 0 saturated carbocycles. The zero-order valence-corrected chi connectivity index (χ0v) is 8.92. The Bertz CT molecular complexity index is 402. The van der Waals surface area contributed by atoms with Gasteiger partial charge in [0.2, 0.25) is 0 Å². The van der Waals surface area contributed by atoms with Gasteiger partial charge >= 0.3 is 6.18 Å². The van der Waals surface area contributed by atoms with Crippen LogP contribution >= 0.6 is 0 Å². The van der Waals surface area contributed by atoms with Crippen LogP contribution in [-0.4, -0.2) is 24.2 Å². The lowest BCUT2D eigenvalue weighted by atomic mass is 10.2. The summed E-state index contributed by atoms with van der Waals surface area (Å²) in [5.74, 6) is -0.0194. The molecule has 3 N–H and O–H groups in total. The Morgan fingerprint density at radius 3 is 2.76 bits per heavy atom. The summed E-state index contributed by atoms with van der Waals surface area (Å²) >= 11 is 0. The predicted molar refractivity (Wildman–Crippen MR) is 56.5 cm³/mol. The summed E-state index contributed by atoms with van der Waals surface area (Å²) in [4.78, 5) is 3.82. The minimum absolute atomic E-state index is 0.00890. The monoisotopic (exact) mass is 247 g/mol. The maximum absolute atomic E-state index is 12.5. The van der Waals surface area contributed by atoms with Crippen molar-refractivity contribution in [1.82, 2.24) is 4.98 Å². The van der Waals surface area contributed by atoms with Crippen molar-refractivity contribution in [2.45, 2.75) is 18.6 Å². The van der Waals surface area contributed by atoms with E-state index in [0.29, 0.717) is 13.2 Å². The topological polar surface area (TPSA) is 60.2 Å². The lowest BCUT2D eigenvalue weighted by Crippen LogP contribution is -2.20. The second kappa shape index (κ2) is 4.40. The van der Waals surface area contributed by atoms with Crippen molar-refractivity contribution in [3.63, 3.8) is 0 Å². The van der Waals surface area contributed by atoms with E-state index < -0.39 is 11.7 Å². The molecule has 1 aromatic heterocycles. The van der Waals surface area contributed by atoms with Crippen LogP contribution in [0.1, 0.15) is 12.0 Å². The number of pyridine rings is 1. The van der Waals surface area contributed by atoms with Crippen molar-refractivity contribution in [3.8, 4) is 0 Å². The van der Waals surface area contributed by atoms with Crippen LogP contribution in [0.3, 0.4) is 0 Å². The molecule has 1 unspecified atom stereocenters. The molecule has 1 atom stereocenters. The van der Waals surface area contributed by atoms with Gasteiger partial charge in [0.05, 0.1) is 18.2 Å². The average molecular weight is 247 g/mol. The van der Waals surface area contributed by atoms with Gasteiger partial charge in [0.15, 0.2) is 0 Å². The molecule has 1 aliphatic rings. The van der Waals surface area contributed by atoms with Gasteiger partial charge in [0, 0.05) is 6.61 Å². The second-order valence-electron chi connectivity index (χ2n) is 3.87. The van der Waals surface area contributed by atoms with Crippen LogP contribution in [0.5, 0.6) is 0 Å². The van der Waals surface area contributed by atoms with Gasteiger partial charge in [-0.15, -0.1) is 0 Å². The molecule has 2 rings (SSSR count). The van der Waals surface area contributed by atoms with Gasteiger partial charge in [0.1, 0.15) is 11.6 Å². The van der Waals surface area contributed by atoms with Crippen molar-refractivity contribution >= 4 is 11.6 Å². The first kappa shape index (κ1) is 12.0. The van der Waals surface area contributed by atoms with Crippen molar-refractivity contribution < 1.29 is 17.9 Å². The van der Waals surface area contributed by atoms with Crippen LogP contribution in [-0.2, 0) is 10.9 Å². The quantitative estimate of drug-likeness (QED) is 0.837. The summed E-state index contributed by atoms with van der Waals surface area (Å²) in [5.41, 5.74) is 4.55. The molecule has 0 radical (unpaired) electrons. The number of ether oxygens (including phenoxy) is 1. The third-order valence-corrected chi connectivity index (χ3v) is 2.45. The first-order valence-corrected chi connectivity index (χ1v) is 5.14. The number of nitrogens with two attached hydrogens (primary N) is 1. The van der Waals surface area contributed by atoms with E-state index in [9.17, 15) is 13.2 Å². The van der Waals surface area contributed by atoms with Gasteiger partial charge in [-0.25, -0.2) is 4.98 Å². The lowest BCUT2D eigenvalue weighted by molar-refractivity contribution is -0.137. The zero-order valence-electron chi connectivity index (χ0n) is 8.92. The van der Waals surface area contributed by atoms with Crippen molar-refractivity contribution in [2.24, 2.45) is 0 Å². The van der Waals surface area contributed by atoms with Gasteiger partial charge in [-0.3, -0.25) is 0 Å². The minimum Gasteiger partial charge on any atom is -0.384 e. The van der Waals surface area contributed by atoms with E-state index in [1.807, 2.05) is 0 Å². The van der Waals surface area contributed by atoms with Crippen LogP contribution in [0.2, 0.25) is 0 Å². The molecule has 1 fully saturated rings. The Morgan fingerprint density at radius 2 is 2.18 bits per heavy atom. The number of nitrogens with zero attached hydrogens (tertiary/aromatic N) is 1. The average Bonchev–Trinajstić information content (AvgIpc) is 2.68. The molecule has 0 amide bonds. The molecule has 7 heteroatoms. The number of halogens is 3. The molecule has 1 aliphatic heterocycles. The normalized spacial score (nSPS) is 20.5. The standard InChI is InChI=1S/C10H12F3N3O/c11-10(12,13)6-3-8(14)16-9(4-6)15-7-1-2-17-5-7/h3-4,7H,1-2,5H2,(H3,14,15,16). The van der Waals surface area contributed by atoms with E-state index in [1.165, 1.54) is 0 Å². The molecule has 2 heterocycles. The number of nitrogens with one attached hydrogen (secondary N) is 1. The van der Waals surface area contributed by atoms with E-state index >= 15 is 0 Å². The van der Waals surface area contributed by atoms with Gasteiger partial charge in [-0.1, -0.05) is 0 Å². The fourth-order valence-corrected chi connectivity index (χ4v) is 1.65. The number of hydrogen-bond donors (Lipinski definition) is 2. The number of nitrogen functional groups attached to an aromatic ring is 1. The Labute approximate surface area is 96.0 Å². The highest BCUT2D eigenvalue weighted by molar-refractivity contribution is 5.48. The van der Waals surface area contributed by atoms with Crippen LogP contribution in [0.15, 0.2) is 12.1 Å². The maximum atomic E-state index is 12.5. The molecule has 4 nitrogen and oxygen atoms in total. The van der Waals surface area contributed by atoms with Crippen LogP contribution < -0.4 is 11.1 Å². The minimum atomic E-state index is -4.42. The summed E-state index contributed by atoms with van der Waals surface area (Å²) < 4.78 is 42.7. The Kier molecular flexibility index (Phi) is 3.10. The van der Waals surface area contributed by atoms with E-state index in [4.69, 9.17) is 10.5 Å². The number of anilines is 2. The molecule has 17 heavy (non-hydrogen) atoms. The zero-order chi connectivity index (χ0) is 12.5. The molecule has 1 aromatic rings. The molecule has 0 aliphatic carbocycles. The van der Waals surface area contributed by atoms with Crippen LogP contribution in [0.4, 0.5) is 24.8 Å². The first-order valence-electron chi connectivity index (χ1n) is 5.14. The summed E-state index contributed by atoms with van der Waals surface area (Å²) in [5, 5.41) is 2.88. The summed E-state index contributed by atoms with van der Waals surface area (Å²) in [6, 6.07) is 1.76. The molecular formula is C10H12F3N3O. The molecule has 0 bridgehead atoms. The third-order valence-electron chi connectivity index (χ3n) is 2.45. The van der Waals surface area contributed by atoms with Crippen LogP contribution in [0.25, 0.3) is 0 Å². The molecule has 0 aromatic carbocycles. The highest BCUT2D eigenvalue weighted by Gasteiger charge is 2.31. The van der Waals surface area contributed by atoms with E-state index in [2.05, 4.69) is 10.3 Å². The van der Waals surface area contributed by atoms with E-state index in [-0.39, 0.29) is 17.7 Å². The predicted octanol–water partition coefficient (Wildman–Crippen LogP) is 1.88. The molecular weight excluding hydrogens is 235 g/mol. The Balaban J connectivity index is 2.19. The van der Waals surface area contributed by atoms with Crippen molar-refractivity contribution in [2.75, 3.05) is 24.3 Å². The molecule has 0 spiro atoms. The van der Waals surface area contributed by atoms with E-state index in [0.717, 1.165) is 18.6 Å². The highest BCUT2D eigenvalue weighted by atomic mass is 19.4. The van der Waals surface area contributed by atoms with Crippen molar-refractivity contribution in [3.05, 3.63) is 17.7 Å². The van der Waals surface area contributed by atoms with Gasteiger partial charge in [-0.2, -0.15) is 13.2 Å². The first-order chi connectivity index (χ1) is 7.95. The highest BCUT2D eigenvalue weighted by Crippen LogP contribution is 2.31. The van der Waals surface area contributed by atoms with Gasteiger partial charge < -0.3 is 15.8 Å². The second-order valence-corrected chi connectivity index (χ2v) is 3.87. The summed E-state index contributed by atoms with van der Waals surface area (Å²) in [6.45, 7) is 1.07. The summed E-state index contributed by atoms with van der Waals surface area (Å²) in [6.07, 6.45) is -3.67. The van der Waals surface area contributed by atoms with E-state index in [1.54, 1.807) is 0 Å². The maximum Gasteiger partial charge on any atom is 0.416 e. The summed E-state index contributed by atoms with van der Waals surface area (Å²) in [7, 11) is 0. The molecule has 1 saturated heterocycles. The van der Waals surface area contributed by atoms with Crippen LogP contribution in [0, 0.1) is 0 Å². The Morgan fingerprint density at radius 1 is 1.41 bits per heavy atom. The lowest BCUT2D eigenvalue weighted by Gasteiger charge is -2.14. The fourth-order valence-electron chi connectivity index (χ4n) is 1.65.